The van der Waals surface area contributed by atoms with Crippen LogP contribution in [0.3, 0.4) is 0 Å². The lowest BCUT2D eigenvalue weighted by Crippen LogP contribution is -2.64. The maximum atomic E-state index is 16.4. The third-order valence-corrected chi connectivity index (χ3v) is 20.7. The highest BCUT2D eigenvalue weighted by Gasteiger charge is 2.52. The van der Waals surface area contributed by atoms with E-state index in [1.165, 1.54) is 65.1 Å². The molecule has 38 heteroatoms. The first-order valence-electron chi connectivity index (χ1n) is 35.3. The number of ether oxygens (including phenoxy) is 8. The van der Waals surface area contributed by atoms with Gasteiger partial charge >= 0.3 is 5.97 Å². The molecule has 5 aromatic rings. The normalized spacial score (nSPS) is 32.1. The minimum absolute atomic E-state index is 0.110. The Bertz CT molecular complexity index is 4420. The number of phenolic OH excluding ortho intramolecular Hbond substituents is 3. The van der Waals surface area contributed by atoms with Crippen molar-refractivity contribution >= 4 is 70.5 Å². The number of carbonyl (C=O) groups excluding carboxylic acids is 7. The van der Waals surface area contributed by atoms with Crippen LogP contribution in [0.5, 0.6) is 46.0 Å². The molecule has 3 saturated heterocycles. The summed E-state index contributed by atoms with van der Waals surface area (Å²) in [5.74, 6) is -16.1. The maximum Gasteiger partial charge on any atom is 0.330 e. The van der Waals surface area contributed by atoms with Crippen molar-refractivity contribution in [3.05, 3.63) is 117 Å². The lowest BCUT2D eigenvalue weighted by molar-refractivity contribution is -0.333. The van der Waals surface area contributed by atoms with E-state index < -0.39 is 261 Å². The molecule has 7 amide bonds. The van der Waals surface area contributed by atoms with Crippen molar-refractivity contribution < 1.29 is 127 Å². The Labute approximate surface area is 643 Å². The number of primary amides is 1. The van der Waals surface area contributed by atoms with Crippen LogP contribution in [0.15, 0.2) is 78.9 Å². The Hall–Kier alpha value is -9.32. The lowest BCUT2D eigenvalue weighted by Gasteiger charge is -2.47. The van der Waals surface area contributed by atoms with E-state index in [2.05, 4.69) is 37.2 Å². The molecule has 8 heterocycles. The van der Waals surface area contributed by atoms with Crippen molar-refractivity contribution in [2.75, 3.05) is 13.7 Å². The number of halogens is 2. The van der Waals surface area contributed by atoms with Crippen molar-refractivity contribution in [2.45, 2.75) is 201 Å². The standard InChI is InChI=1S/C73H88Cl2N10O26/c1-26(2)14-38(79-7)64(96)84-54-56(91)30-9-12-42(36(74)16-30)106-44-18-32-19-45(60(44)111-71-61(58(93)57(92)46(25-86)108-71)110-49-24-73(6,78)63(95)28(4)105-49)107-43-13-10-31(17-37(43)75)59(109-48-23-72(5,77)62(94)27(3)104-48)55-69(101)83-53(70(102)103)35-20-33(87)21-41(89)50(35)34-15-29(8-11-40(34)88)51(66(98)85-55)82-67(99)52(32)81-65(97)39(22-47(76)90)80-68(54)100/h8-13,15-21,26-28,38-39,46,48-49,51-59,61-63,71,79,86-89,91-95H,14,22-25,77-78H2,1-7H3,(H2,76,90)(H,80,100)(H,81,97)(H,82,99)(H,83,101)(H,84,96)(H,85,98)(H,102,103)/t27-,28-,38+,39-,46+,48-,49-,51?,52+,53-,54+,55?,56+,57+,58-,59+,61+,62-,63-,71-,72-,73-/m0/s1. The topological polar surface area (TPSA) is 575 Å². The molecule has 0 radical (unpaired) electrons. The number of aliphatic hydroxyl groups excluding tert-OH is 6. The second-order valence-electron chi connectivity index (χ2n) is 29.3. The van der Waals surface area contributed by atoms with E-state index in [0.717, 1.165) is 48.5 Å². The van der Waals surface area contributed by atoms with E-state index in [4.69, 9.17) is 78.3 Å². The van der Waals surface area contributed by atoms with Crippen molar-refractivity contribution in [3.8, 4) is 57.1 Å². The van der Waals surface area contributed by atoms with Gasteiger partial charge in [0, 0.05) is 46.7 Å². The number of hydrogen-bond acceptors (Lipinski definition) is 28. The quantitative estimate of drug-likeness (QED) is 0.0672. The Morgan fingerprint density at radius 2 is 1.23 bits per heavy atom. The van der Waals surface area contributed by atoms with Crippen molar-refractivity contribution in [3.63, 3.8) is 0 Å². The molecular weight excluding hydrogens is 1500 g/mol. The molecule has 8 aliphatic rings. The van der Waals surface area contributed by atoms with Crippen LogP contribution in [0.2, 0.25) is 10.0 Å². The number of nitrogens with one attached hydrogen (secondary N) is 7. The second-order valence-corrected chi connectivity index (χ2v) is 30.1. The summed E-state index contributed by atoms with van der Waals surface area (Å²) in [4.78, 5) is 120. The molecular formula is C73H88Cl2N10O26. The molecule has 0 saturated carbocycles. The van der Waals surface area contributed by atoms with Crippen molar-refractivity contribution in [1.29, 1.82) is 0 Å². The van der Waals surface area contributed by atoms with Gasteiger partial charge in [0.15, 0.2) is 36.2 Å². The monoisotopic (exact) mass is 1590 g/mol. The van der Waals surface area contributed by atoms with E-state index in [1.807, 2.05) is 13.8 Å². The number of aromatic hydroxyl groups is 3. The number of fused-ring (bicyclic) bond motifs is 15. The predicted molar refractivity (Wildman–Crippen MR) is 386 cm³/mol. The molecule has 0 aliphatic carbocycles. The zero-order valence-corrected chi connectivity index (χ0v) is 62.2. The number of likely N-dealkylation sites (N-methyl/N-ethyl adjacent to an activating group) is 1. The summed E-state index contributed by atoms with van der Waals surface area (Å²) in [5.41, 5.74) is 13.3. The molecule has 2 unspecified atom stereocenters. The molecule has 13 rings (SSSR count). The molecule has 11 bridgehead atoms. The SMILES string of the molecule is CN[C@H](CC(C)C)C(=O)N[C@H]1C(=O)N[C@@H](CC(N)=O)C(=O)N[C@H]2C(=O)NC3C(=O)NC(C(=O)N[C@H](C(=O)O)c4cc(O)cc(O)c4-c4cc3ccc4O)[C@H](O[C@H]3C[C@](C)(N)[C@@H](O)[C@H](C)O3)c3ccc(c(Cl)c3)Oc3cc2cc(c3O[C@@H]2O[C@H](CO)[C@@H](O)[C@H](O)[C@H]2O[C@H]2C[C@](C)(N)[C@@H](O)[C@H](C)O2)Oc2ccc(cc2Cl)[C@H]1O. The molecule has 111 heavy (non-hydrogen) atoms. The smallest absolute Gasteiger partial charge is 0.330 e. The number of carboxylic acid groups (broad SMARTS) is 1. The molecule has 3 fully saturated rings. The van der Waals surface area contributed by atoms with E-state index in [0.29, 0.717) is 0 Å². The summed E-state index contributed by atoms with van der Waals surface area (Å²) in [7, 11) is 1.47. The zero-order valence-electron chi connectivity index (χ0n) is 60.7. The van der Waals surface area contributed by atoms with Crippen LogP contribution in [0.4, 0.5) is 0 Å². The van der Waals surface area contributed by atoms with Gasteiger partial charge in [0.1, 0.15) is 89.5 Å². The summed E-state index contributed by atoms with van der Waals surface area (Å²) in [6, 6.07) is -0.452. The van der Waals surface area contributed by atoms with Gasteiger partial charge in [-0.1, -0.05) is 55.2 Å². The third-order valence-electron chi connectivity index (χ3n) is 20.1. The number of rotatable bonds is 15. The number of hydrogen-bond donors (Lipinski definition) is 20. The zero-order chi connectivity index (χ0) is 80.9. The first-order chi connectivity index (χ1) is 52.3. The van der Waals surface area contributed by atoms with Crippen LogP contribution in [0.25, 0.3) is 11.1 Å². The van der Waals surface area contributed by atoms with Gasteiger partial charge in [0.25, 0.3) is 0 Å². The van der Waals surface area contributed by atoms with Crippen molar-refractivity contribution in [1.82, 2.24) is 37.2 Å². The van der Waals surface area contributed by atoms with Crippen LogP contribution < -0.4 is 68.6 Å². The molecule has 22 atom stereocenters. The van der Waals surface area contributed by atoms with Gasteiger partial charge in [-0.3, -0.25) is 33.6 Å². The molecule has 0 spiro atoms. The Morgan fingerprint density at radius 1 is 0.658 bits per heavy atom. The van der Waals surface area contributed by atoms with E-state index >= 15 is 19.2 Å². The average molecular weight is 1590 g/mol. The highest BCUT2D eigenvalue weighted by atomic mass is 35.5. The second kappa shape index (κ2) is 33.2. The largest absolute Gasteiger partial charge is 0.508 e. The van der Waals surface area contributed by atoms with Gasteiger partial charge < -0.3 is 143 Å². The number of phenols is 3. The summed E-state index contributed by atoms with van der Waals surface area (Å²) in [5, 5.41) is 131. The van der Waals surface area contributed by atoms with Gasteiger partial charge in [-0.15, -0.1) is 0 Å². The summed E-state index contributed by atoms with van der Waals surface area (Å²) in [6.45, 7) is 8.58. The van der Waals surface area contributed by atoms with Crippen LogP contribution >= 0.6 is 23.2 Å². The van der Waals surface area contributed by atoms with Gasteiger partial charge in [0.05, 0.1) is 53.5 Å². The highest BCUT2D eigenvalue weighted by molar-refractivity contribution is 6.32. The number of aliphatic carboxylic acids is 1. The number of nitrogens with two attached hydrogens (primary N) is 3. The molecule has 600 valence electrons. The average Bonchev–Trinajstić information content (AvgIpc) is 0.763. The summed E-state index contributed by atoms with van der Waals surface area (Å²) < 4.78 is 51.7. The van der Waals surface area contributed by atoms with Crippen LogP contribution in [0.1, 0.15) is 125 Å². The Kier molecular flexibility index (Phi) is 24.7. The molecule has 36 nitrogen and oxygen atoms in total. The maximum absolute atomic E-state index is 16.4. The van der Waals surface area contributed by atoms with Gasteiger partial charge in [0.2, 0.25) is 53.4 Å². The van der Waals surface area contributed by atoms with Crippen molar-refractivity contribution in [2.24, 2.45) is 23.1 Å². The summed E-state index contributed by atoms with van der Waals surface area (Å²) in [6.07, 6.45) is -22.8. The third kappa shape index (κ3) is 17.7. The van der Waals surface area contributed by atoms with E-state index in [1.54, 1.807) is 0 Å². The summed E-state index contributed by atoms with van der Waals surface area (Å²) >= 11 is 14.5. The fourth-order valence-electron chi connectivity index (χ4n) is 14.3. The van der Waals surface area contributed by atoms with E-state index in [-0.39, 0.29) is 52.6 Å². The van der Waals surface area contributed by atoms with Crippen LogP contribution in [-0.4, -0.2) is 215 Å². The number of carboxylic acids is 1. The fraction of sp³-hybridized carbons (Fsp3) is 0.479. The molecule has 0 aromatic heterocycles. The van der Waals surface area contributed by atoms with Gasteiger partial charge in [-0.2, -0.15) is 0 Å². The number of benzene rings is 5. The minimum atomic E-state index is -2.38. The molecule has 8 aliphatic heterocycles. The molecule has 23 N–H and O–H groups in total. The fourth-order valence-corrected chi connectivity index (χ4v) is 14.7. The molecule has 5 aromatic carbocycles. The van der Waals surface area contributed by atoms with Crippen LogP contribution in [0, 0.1) is 5.92 Å². The highest BCUT2D eigenvalue weighted by Crippen LogP contribution is 2.50. The first-order valence-corrected chi connectivity index (χ1v) is 36.1. The van der Waals surface area contributed by atoms with Crippen LogP contribution in [-0.2, 0) is 62.0 Å². The number of amides is 7. The lowest BCUT2D eigenvalue weighted by atomic mass is 9.86. The Balaban J connectivity index is 1.19. The van der Waals surface area contributed by atoms with E-state index in [9.17, 15) is 70.2 Å². The van der Waals surface area contributed by atoms with Gasteiger partial charge in [-0.05, 0) is 124 Å². The Morgan fingerprint density at radius 3 is 1.79 bits per heavy atom. The predicted octanol–water partition coefficient (Wildman–Crippen LogP) is 0.344. The number of carbonyl (C=O) groups is 8. The minimum Gasteiger partial charge on any atom is -0.508 e. The van der Waals surface area contributed by atoms with Gasteiger partial charge in [-0.25, -0.2) is 4.79 Å². The number of aliphatic hydroxyl groups is 6. The first kappa shape index (κ1) is 82.6.